The van der Waals surface area contributed by atoms with Gasteiger partial charge >= 0.3 is 0 Å². The minimum Gasteiger partial charge on any atom is -0.354 e. The highest BCUT2D eigenvalue weighted by Crippen LogP contribution is 1.98. The quantitative estimate of drug-likeness (QED) is 0.740. The number of nitrogens with zero attached hydrogens (tertiary/aromatic N) is 3. The van der Waals surface area contributed by atoms with Gasteiger partial charge < -0.3 is 10.6 Å². The Labute approximate surface area is 113 Å². The summed E-state index contributed by atoms with van der Waals surface area (Å²) in [4.78, 5) is 12.5. The molecule has 5 heteroatoms. The molecule has 0 atom stereocenters. The molecule has 5 nitrogen and oxygen atoms in total. The summed E-state index contributed by atoms with van der Waals surface area (Å²) < 4.78 is 0. The van der Waals surface area contributed by atoms with E-state index in [0.717, 1.165) is 31.6 Å². The summed E-state index contributed by atoms with van der Waals surface area (Å²) in [7, 11) is 0. The van der Waals surface area contributed by atoms with Gasteiger partial charge in [-0.3, -0.25) is 4.98 Å². The highest BCUT2D eigenvalue weighted by Gasteiger charge is 1.95. The molecular formula is C14H19N5. The number of pyridine rings is 1. The van der Waals surface area contributed by atoms with Gasteiger partial charge in [0.2, 0.25) is 5.95 Å². The molecule has 19 heavy (non-hydrogen) atoms. The Bertz CT molecular complexity index is 469. The molecule has 0 saturated heterocycles. The van der Waals surface area contributed by atoms with Gasteiger partial charge in [-0.2, -0.15) is 0 Å². The summed E-state index contributed by atoms with van der Waals surface area (Å²) in [5.41, 5.74) is 2.28. The van der Waals surface area contributed by atoms with E-state index in [-0.39, 0.29) is 0 Å². The van der Waals surface area contributed by atoms with Crippen LogP contribution >= 0.6 is 0 Å². The molecular weight excluding hydrogens is 238 g/mol. The molecule has 0 saturated carbocycles. The summed E-state index contributed by atoms with van der Waals surface area (Å²) in [6.07, 6.45) is 8.32. The second-order valence-electron chi connectivity index (χ2n) is 4.40. The number of hydrogen-bond acceptors (Lipinski definition) is 5. The summed E-state index contributed by atoms with van der Waals surface area (Å²) in [6.45, 7) is 4.65. The lowest BCUT2D eigenvalue weighted by molar-refractivity contribution is 0.661. The van der Waals surface area contributed by atoms with Gasteiger partial charge in [-0.1, -0.05) is 6.07 Å². The van der Waals surface area contributed by atoms with E-state index < -0.39 is 0 Å². The molecule has 0 unspecified atom stereocenters. The first-order chi connectivity index (χ1) is 9.34. The van der Waals surface area contributed by atoms with Gasteiger partial charge in [0.25, 0.3) is 0 Å². The van der Waals surface area contributed by atoms with Gasteiger partial charge in [-0.05, 0) is 37.1 Å². The first-order valence-corrected chi connectivity index (χ1v) is 6.47. The fraction of sp³-hybridized carbons (Fsp3) is 0.357. The van der Waals surface area contributed by atoms with Crippen LogP contribution in [0.3, 0.4) is 0 Å². The molecule has 0 amide bonds. The van der Waals surface area contributed by atoms with Gasteiger partial charge in [-0.15, -0.1) is 0 Å². The third-order valence-corrected chi connectivity index (χ3v) is 2.65. The minimum atomic E-state index is 0.692. The first kappa shape index (κ1) is 13.4. The Morgan fingerprint density at radius 2 is 1.95 bits per heavy atom. The number of aromatic nitrogens is 3. The van der Waals surface area contributed by atoms with Crippen LogP contribution in [-0.4, -0.2) is 28.0 Å². The molecule has 0 aliphatic rings. The number of nitrogens with one attached hydrogen (secondary N) is 2. The SMILES string of the molecule is Cc1cnc(NCCCNCc2cccnc2)nc1. The normalized spacial score (nSPS) is 10.4. The minimum absolute atomic E-state index is 0.692. The lowest BCUT2D eigenvalue weighted by Crippen LogP contribution is -2.18. The van der Waals surface area contributed by atoms with Crippen LogP contribution in [0.2, 0.25) is 0 Å². The van der Waals surface area contributed by atoms with E-state index in [2.05, 4.69) is 31.7 Å². The molecule has 2 aromatic heterocycles. The first-order valence-electron chi connectivity index (χ1n) is 6.47. The van der Waals surface area contributed by atoms with E-state index in [9.17, 15) is 0 Å². The van der Waals surface area contributed by atoms with Crippen molar-refractivity contribution >= 4 is 5.95 Å². The average molecular weight is 257 g/mol. The van der Waals surface area contributed by atoms with Crippen molar-refractivity contribution in [3.05, 3.63) is 48.0 Å². The number of rotatable bonds is 7. The van der Waals surface area contributed by atoms with Crippen molar-refractivity contribution in [3.63, 3.8) is 0 Å². The van der Waals surface area contributed by atoms with Gasteiger partial charge in [0.1, 0.15) is 0 Å². The van der Waals surface area contributed by atoms with E-state index in [4.69, 9.17) is 0 Å². The molecule has 2 rings (SSSR count). The standard InChI is InChI=1S/C14H19N5/c1-12-8-18-14(19-9-12)17-7-3-6-16-11-13-4-2-5-15-10-13/h2,4-5,8-10,16H,3,6-7,11H2,1H3,(H,17,18,19). The van der Waals surface area contributed by atoms with Crippen LogP contribution in [0, 0.1) is 6.92 Å². The molecule has 0 aromatic carbocycles. The zero-order valence-electron chi connectivity index (χ0n) is 11.1. The summed E-state index contributed by atoms with van der Waals surface area (Å²) >= 11 is 0. The summed E-state index contributed by atoms with van der Waals surface area (Å²) in [6, 6.07) is 4.02. The van der Waals surface area contributed by atoms with Crippen molar-refractivity contribution in [1.29, 1.82) is 0 Å². The van der Waals surface area contributed by atoms with Crippen LogP contribution in [0.5, 0.6) is 0 Å². The largest absolute Gasteiger partial charge is 0.354 e. The molecule has 0 aliphatic heterocycles. The summed E-state index contributed by atoms with van der Waals surface area (Å²) in [5.74, 6) is 0.692. The van der Waals surface area contributed by atoms with Gasteiger partial charge in [0.15, 0.2) is 0 Å². The summed E-state index contributed by atoms with van der Waals surface area (Å²) in [5, 5.41) is 6.57. The predicted molar refractivity (Wildman–Crippen MR) is 75.8 cm³/mol. The monoisotopic (exact) mass is 257 g/mol. The van der Waals surface area contributed by atoms with E-state index in [1.54, 1.807) is 6.20 Å². The van der Waals surface area contributed by atoms with Crippen LogP contribution in [0.4, 0.5) is 5.95 Å². The lowest BCUT2D eigenvalue weighted by Gasteiger charge is -2.06. The van der Waals surface area contributed by atoms with E-state index in [1.807, 2.05) is 31.6 Å². The van der Waals surface area contributed by atoms with Crippen molar-refractivity contribution in [2.24, 2.45) is 0 Å². The van der Waals surface area contributed by atoms with Gasteiger partial charge in [-0.25, -0.2) is 9.97 Å². The maximum absolute atomic E-state index is 4.19. The number of aryl methyl sites for hydroxylation is 1. The van der Waals surface area contributed by atoms with Crippen LogP contribution in [0.25, 0.3) is 0 Å². The van der Waals surface area contributed by atoms with Crippen molar-refractivity contribution in [2.75, 3.05) is 18.4 Å². The Morgan fingerprint density at radius 1 is 1.11 bits per heavy atom. The fourth-order valence-electron chi connectivity index (χ4n) is 1.63. The third-order valence-electron chi connectivity index (χ3n) is 2.65. The molecule has 0 spiro atoms. The highest BCUT2D eigenvalue weighted by atomic mass is 15.1. The molecule has 100 valence electrons. The fourth-order valence-corrected chi connectivity index (χ4v) is 1.63. The second-order valence-corrected chi connectivity index (χ2v) is 4.40. The van der Waals surface area contributed by atoms with Crippen LogP contribution in [0.15, 0.2) is 36.9 Å². The van der Waals surface area contributed by atoms with E-state index in [1.165, 1.54) is 5.56 Å². The highest BCUT2D eigenvalue weighted by molar-refractivity contribution is 5.23. The average Bonchev–Trinajstić information content (AvgIpc) is 2.46. The van der Waals surface area contributed by atoms with Crippen LogP contribution in [-0.2, 0) is 6.54 Å². The van der Waals surface area contributed by atoms with Crippen LogP contribution in [0.1, 0.15) is 17.5 Å². The second kappa shape index (κ2) is 7.43. The molecule has 0 fully saturated rings. The topological polar surface area (TPSA) is 62.7 Å². The maximum Gasteiger partial charge on any atom is 0.222 e. The van der Waals surface area contributed by atoms with E-state index >= 15 is 0 Å². The third kappa shape index (κ3) is 5.01. The Kier molecular flexibility index (Phi) is 5.25. The Morgan fingerprint density at radius 3 is 2.68 bits per heavy atom. The van der Waals surface area contributed by atoms with Crippen molar-refractivity contribution in [3.8, 4) is 0 Å². The predicted octanol–water partition coefficient (Wildman–Crippen LogP) is 1.77. The lowest BCUT2D eigenvalue weighted by atomic mass is 10.3. The zero-order valence-corrected chi connectivity index (χ0v) is 11.1. The molecule has 0 aliphatic carbocycles. The van der Waals surface area contributed by atoms with Crippen molar-refractivity contribution in [2.45, 2.75) is 19.9 Å². The van der Waals surface area contributed by atoms with Crippen LogP contribution < -0.4 is 10.6 Å². The van der Waals surface area contributed by atoms with E-state index in [0.29, 0.717) is 5.95 Å². The Balaban J connectivity index is 1.56. The zero-order chi connectivity index (χ0) is 13.3. The van der Waals surface area contributed by atoms with Crippen molar-refractivity contribution in [1.82, 2.24) is 20.3 Å². The Hall–Kier alpha value is -2.01. The molecule has 2 N–H and O–H groups in total. The molecule has 0 radical (unpaired) electrons. The van der Waals surface area contributed by atoms with Gasteiger partial charge in [0, 0.05) is 37.9 Å². The van der Waals surface area contributed by atoms with Crippen molar-refractivity contribution < 1.29 is 0 Å². The molecule has 2 heterocycles. The maximum atomic E-state index is 4.19. The van der Waals surface area contributed by atoms with Gasteiger partial charge in [0.05, 0.1) is 0 Å². The smallest absolute Gasteiger partial charge is 0.222 e. The number of hydrogen-bond donors (Lipinski definition) is 2. The molecule has 2 aromatic rings. The number of anilines is 1. The molecule has 0 bridgehead atoms.